The molecular weight excluding hydrogens is 238 g/mol. The third kappa shape index (κ3) is 3.40. The van der Waals surface area contributed by atoms with Crippen LogP contribution in [0.2, 0.25) is 5.15 Å². The molecule has 1 atom stereocenters. The minimum atomic E-state index is 0.202. The van der Waals surface area contributed by atoms with Crippen LogP contribution in [0.5, 0.6) is 0 Å². The van der Waals surface area contributed by atoms with Gasteiger partial charge in [0.05, 0.1) is 5.56 Å². The average molecular weight is 256 g/mol. The minimum Gasteiger partial charge on any atom is -0.356 e. The second kappa shape index (κ2) is 5.96. The van der Waals surface area contributed by atoms with Crippen LogP contribution in [0.4, 0.5) is 5.82 Å². The Morgan fingerprint density at radius 2 is 2.06 bits per heavy atom. The SMILES string of the molecule is CC(C)CC(C)N(C)c1ncnc(Cl)c1C=O. The Labute approximate surface area is 107 Å². The molecule has 1 rings (SSSR count). The highest BCUT2D eigenvalue weighted by Gasteiger charge is 2.18. The van der Waals surface area contributed by atoms with Crippen molar-refractivity contribution in [2.75, 3.05) is 11.9 Å². The molecule has 1 aromatic rings. The molecule has 0 saturated carbocycles. The molecule has 0 amide bonds. The van der Waals surface area contributed by atoms with Gasteiger partial charge < -0.3 is 4.90 Å². The van der Waals surface area contributed by atoms with Crippen molar-refractivity contribution >= 4 is 23.7 Å². The molecule has 0 aliphatic heterocycles. The van der Waals surface area contributed by atoms with E-state index in [1.54, 1.807) is 0 Å². The van der Waals surface area contributed by atoms with E-state index < -0.39 is 0 Å². The van der Waals surface area contributed by atoms with Gasteiger partial charge in [-0.1, -0.05) is 25.4 Å². The van der Waals surface area contributed by atoms with Gasteiger partial charge >= 0.3 is 0 Å². The molecule has 0 aliphatic carbocycles. The Kier molecular flexibility index (Phi) is 4.87. The summed E-state index contributed by atoms with van der Waals surface area (Å²) in [5.74, 6) is 1.18. The number of hydrogen-bond donors (Lipinski definition) is 0. The van der Waals surface area contributed by atoms with Gasteiger partial charge in [-0.25, -0.2) is 9.97 Å². The summed E-state index contributed by atoms with van der Waals surface area (Å²) in [6.07, 6.45) is 3.11. The number of carbonyl (C=O) groups is 1. The first-order chi connectivity index (χ1) is 7.97. The van der Waals surface area contributed by atoms with Crippen molar-refractivity contribution in [3.8, 4) is 0 Å². The molecular formula is C12H18ClN3O. The lowest BCUT2D eigenvalue weighted by Crippen LogP contribution is -2.31. The topological polar surface area (TPSA) is 46.1 Å². The molecule has 1 aromatic heterocycles. The first kappa shape index (κ1) is 13.9. The van der Waals surface area contributed by atoms with Crippen molar-refractivity contribution < 1.29 is 4.79 Å². The number of nitrogens with zero attached hydrogens (tertiary/aromatic N) is 3. The Morgan fingerprint density at radius 3 is 2.59 bits per heavy atom. The zero-order chi connectivity index (χ0) is 13.0. The molecule has 1 unspecified atom stereocenters. The van der Waals surface area contributed by atoms with Gasteiger partial charge in [0.25, 0.3) is 0 Å². The molecule has 94 valence electrons. The number of halogens is 1. The predicted octanol–water partition coefficient (Wildman–Crippen LogP) is 2.81. The van der Waals surface area contributed by atoms with Crippen molar-refractivity contribution in [3.63, 3.8) is 0 Å². The lowest BCUT2D eigenvalue weighted by Gasteiger charge is -2.28. The number of aldehydes is 1. The maximum atomic E-state index is 11.0. The van der Waals surface area contributed by atoms with Gasteiger partial charge in [-0.3, -0.25) is 4.79 Å². The smallest absolute Gasteiger partial charge is 0.156 e. The first-order valence-electron chi connectivity index (χ1n) is 5.65. The van der Waals surface area contributed by atoms with E-state index in [1.165, 1.54) is 6.33 Å². The zero-order valence-corrected chi connectivity index (χ0v) is 11.4. The molecule has 4 nitrogen and oxygen atoms in total. The van der Waals surface area contributed by atoms with Gasteiger partial charge in [-0.05, 0) is 19.3 Å². The quantitative estimate of drug-likeness (QED) is 0.600. The van der Waals surface area contributed by atoms with Crippen LogP contribution in [0.15, 0.2) is 6.33 Å². The lowest BCUT2D eigenvalue weighted by atomic mass is 10.0. The number of hydrogen-bond acceptors (Lipinski definition) is 4. The van der Waals surface area contributed by atoms with E-state index >= 15 is 0 Å². The monoisotopic (exact) mass is 255 g/mol. The third-order valence-corrected chi connectivity index (χ3v) is 3.04. The lowest BCUT2D eigenvalue weighted by molar-refractivity contribution is 0.112. The fourth-order valence-electron chi connectivity index (χ4n) is 1.80. The van der Waals surface area contributed by atoms with Crippen LogP contribution in [0.25, 0.3) is 0 Å². The van der Waals surface area contributed by atoms with Crippen LogP contribution >= 0.6 is 11.6 Å². The van der Waals surface area contributed by atoms with Crippen LogP contribution in [-0.4, -0.2) is 29.3 Å². The van der Waals surface area contributed by atoms with E-state index in [1.807, 2.05) is 11.9 Å². The van der Waals surface area contributed by atoms with Crippen molar-refractivity contribution in [2.45, 2.75) is 33.2 Å². The molecule has 0 saturated heterocycles. The van der Waals surface area contributed by atoms with E-state index in [0.717, 1.165) is 6.42 Å². The standard InChI is InChI=1S/C12H18ClN3O/c1-8(2)5-9(3)16(4)12-10(6-17)11(13)14-7-15-12/h6-9H,5H2,1-4H3. The van der Waals surface area contributed by atoms with Crippen LogP contribution in [0, 0.1) is 5.92 Å². The highest BCUT2D eigenvalue weighted by Crippen LogP contribution is 2.23. The maximum Gasteiger partial charge on any atom is 0.156 e. The second-order valence-electron chi connectivity index (χ2n) is 4.61. The summed E-state index contributed by atoms with van der Waals surface area (Å²) in [7, 11) is 1.92. The van der Waals surface area contributed by atoms with Crippen molar-refractivity contribution in [2.24, 2.45) is 5.92 Å². The first-order valence-corrected chi connectivity index (χ1v) is 6.03. The van der Waals surface area contributed by atoms with E-state index in [2.05, 4.69) is 30.7 Å². The summed E-state index contributed by atoms with van der Waals surface area (Å²) in [6.45, 7) is 6.43. The summed E-state index contributed by atoms with van der Waals surface area (Å²) < 4.78 is 0. The number of carbonyl (C=O) groups excluding carboxylic acids is 1. The van der Waals surface area contributed by atoms with Crippen molar-refractivity contribution in [3.05, 3.63) is 17.0 Å². The van der Waals surface area contributed by atoms with Crippen LogP contribution in [-0.2, 0) is 0 Å². The fourth-order valence-corrected chi connectivity index (χ4v) is 1.97. The normalized spacial score (nSPS) is 12.6. The highest BCUT2D eigenvalue weighted by molar-refractivity contribution is 6.32. The summed E-state index contributed by atoms with van der Waals surface area (Å²) in [5, 5.41) is 0.202. The number of anilines is 1. The molecule has 5 heteroatoms. The molecule has 0 radical (unpaired) electrons. The Bertz CT molecular complexity index is 395. The molecule has 17 heavy (non-hydrogen) atoms. The van der Waals surface area contributed by atoms with Gasteiger partial charge in [0.15, 0.2) is 6.29 Å². The Balaban J connectivity index is 2.99. The second-order valence-corrected chi connectivity index (χ2v) is 4.97. The van der Waals surface area contributed by atoms with E-state index in [-0.39, 0.29) is 5.15 Å². The van der Waals surface area contributed by atoms with Gasteiger partial charge in [0, 0.05) is 13.1 Å². The number of rotatable bonds is 5. The zero-order valence-electron chi connectivity index (χ0n) is 10.6. The average Bonchev–Trinajstić information content (AvgIpc) is 2.26. The van der Waals surface area contributed by atoms with Gasteiger partial charge in [0.2, 0.25) is 0 Å². The molecule has 0 fully saturated rings. The fraction of sp³-hybridized carbons (Fsp3) is 0.583. The van der Waals surface area contributed by atoms with E-state index in [0.29, 0.717) is 29.6 Å². The minimum absolute atomic E-state index is 0.202. The van der Waals surface area contributed by atoms with Gasteiger partial charge in [-0.15, -0.1) is 0 Å². The van der Waals surface area contributed by atoms with Gasteiger partial charge in [0.1, 0.15) is 17.3 Å². The molecule has 0 aromatic carbocycles. The molecule has 0 spiro atoms. The molecule has 0 N–H and O–H groups in total. The summed E-state index contributed by atoms with van der Waals surface area (Å²) in [6, 6.07) is 0.291. The van der Waals surface area contributed by atoms with Crippen LogP contribution < -0.4 is 4.90 Å². The van der Waals surface area contributed by atoms with Crippen molar-refractivity contribution in [1.29, 1.82) is 0 Å². The Hall–Kier alpha value is -1.16. The summed E-state index contributed by atoms with van der Waals surface area (Å²) in [4.78, 5) is 20.9. The summed E-state index contributed by atoms with van der Waals surface area (Å²) in [5.41, 5.74) is 0.354. The largest absolute Gasteiger partial charge is 0.356 e. The summed E-state index contributed by atoms with van der Waals surface area (Å²) >= 11 is 5.87. The maximum absolute atomic E-state index is 11.0. The van der Waals surface area contributed by atoms with Crippen LogP contribution in [0.3, 0.4) is 0 Å². The number of aromatic nitrogens is 2. The van der Waals surface area contributed by atoms with Gasteiger partial charge in [-0.2, -0.15) is 0 Å². The molecule has 0 aliphatic rings. The third-order valence-electron chi connectivity index (χ3n) is 2.74. The highest BCUT2D eigenvalue weighted by atomic mass is 35.5. The predicted molar refractivity (Wildman–Crippen MR) is 69.7 cm³/mol. The molecule has 0 bridgehead atoms. The van der Waals surface area contributed by atoms with E-state index in [9.17, 15) is 4.79 Å². The Morgan fingerprint density at radius 1 is 1.41 bits per heavy atom. The molecule has 1 heterocycles. The van der Waals surface area contributed by atoms with Crippen LogP contribution in [0.1, 0.15) is 37.6 Å². The van der Waals surface area contributed by atoms with Crippen molar-refractivity contribution in [1.82, 2.24) is 9.97 Å². The van der Waals surface area contributed by atoms with E-state index in [4.69, 9.17) is 11.6 Å².